The van der Waals surface area contributed by atoms with Gasteiger partial charge in [0.25, 0.3) is 0 Å². The minimum absolute atomic E-state index is 0.275. The minimum atomic E-state index is -0.275. The Labute approximate surface area is 114 Å². The summed E-state index contributed by atoms with van der Waals surface area (Å²) in [5.41, 5.74) is 1.02. The molecule has 3 nitrogen and oxygen atoms in total. The SMILES string of the molecule is COc1ccc(CCN(C)CC2CCNC2)cc1F. The fraction of sp³-hybridized carbons (Fsp3) is 0.600. The normalized spacial score (nSPS) is 19.1. The average molecular weight is 266 g/mol. The van der Waals surface area contributed by atoms with E-state index in [2.05, 4.69) is 17.3 Å². The molecule has 0 saturated carbocycles. The maximum absolute atomic E-state index is 13.6. The first-order valence-corrected chi connectivity index (χ1v) is 6.90. The molecule has 1 N–H and O–H groups in total. The Morgan fingerprint density at radius 2 is 2.32 bits per heavy atom. The van der Waals surface area contributed by atoms with Crippen LogP contribution in [0, 0.1) is 11.7 Å². The topological polar surface area (TPSA) is 24.5 Å². The molecule has 4 heteroatoms. The second-order valence-electron chi connectivity index (χ2n) is 5.34. The molecule has 1 aliphatic heterocycles. The molecular weight excluding hydrogens is 243 g/mol. The van der Waals surface area contributed by atoms with Gasteiger partial charge in [-0.2, -0.15) is 0 Å². The van der Waals surface area contributed by atoms with Crippen molar-refractivity contribution in [3.05, 3.63) is 29.6 Å². The van der Waals surface area contributed by atoms with Crippen LogP contribution in [-0.4, -0.2) is 45.2 Å². The van der Waals surface area contributed by atoms with Crippen LogP contribution in [0.2, 0.25) is 0 Å². The van der Waals surface area contributed by atoms with Gasteiger partial charge in [0.05, 0.1) is 7.11 Å². The third-order valence-electron chi connectivity index (χ3n) is 3.73. The third kappa shape index (κ3) is 4.18. The lowest BCUT2D eigenvalue weighted by Gasteiger charge is -2.20. The third-order valence-corrected chi connectivity index (χ3v) is 3.73. The summed E-state index contributed by atoms with van der Waals surface area (Å²) in [5, 5.41) is 3.38. The number of hydrogen-bond acceptors (Lipinski definition) is 3. The predicted octanol–water partition coefficient (Wildman–Crippen LogP) is 1.92. The van der Waals surface area contributed by atoms with Crippen LogP contribution in [0.3, 0.4) is 0 Å². The van der Waals surface area contributed by atoms with Gasteiger partial charge in [-0.05, 0) is 56.6 Å². The molecule has 1 aliphatic rings. The van der Waals surface area contributed by atoms with Crippen molar-refractivity contribution in [1.29, 1.82) is 0 Å². The molecule has 19 heavy (non-hydrogen) atoms. The predicted molar refractivity (Wildman–Crippen MR) is 75.1 cm³/mol. The fourth-order valence-corrected chi connectivity index (χ4v) is 2.59. The number of benzene rings is 1. The molecule has 0 aromatic heterocycles. The molecule has 1 aromatic rings. The van der Waals surface area contributed by atoms with Gasteiger partial charge in [-0.3, -0.25) is 0 Å². The second-order valence-corrected chi connectivity index (χ2v) is 5.34. The van der Waals surface area contributed by atoms with Crippen molar-refractivity contribution in [2.24, 2.45) is 5.92 Å². The van der Waals surface area contributed by atoms with E-state index < -0.39 is 0 Å². The van der Waals surface area contributed by atoms with Crippen LogP contribution in [0.1, 0.15) is 12.0 Å². The van der Waals surface area contributed by atoms with Crippen molar-refractivity contribution in [3.63, 3.8) is 0 Å². The zero-order chi connectivity index (χ0) is 13.7. The van der Waals surface area contributed by atoms with Gasteiger partial charge in [-0.15, -0.1) is 0 Å². The van der Waals surface area contributed by atoms with E-state index in [-0.39, 0.29) is 5.82 Å². The van der Waals surface area contributed by atoms with E-state index in [0.717, 1.165) is 44.1 Å². The highest BCUT2D eigenvalue weighted by atomic mass is 19.1. The standard InChI is InChI=1S/C15H23FN2O/c1-18(11-13-5-7-17-10-13)8-6-12-3-4-15(19-2)14(16)9-12/h3-4,9,13,17H,5-8,10-11H2,1-2H3. The summed E-state index contributed by atoms with van der Waals surface area (Å²) in [6.07, 6.45) is 2.14. The van der Waals surface area contributed by atoms with Gasteiger partial charge in [-0.1, -0.05) is 6.07 Å². The Hall–Kier alpha value is -1.13. The Kier molecular flexibility index (Phi) is 5.16. The number of nitrogens with one attached hydrogen (secondary N) is 1. The van der Waals surface area contributed by atoms with Gasteiger partial charge < -0.3 is 15.0 Å². The lowest BCUT2D eigenvalue weighted by molar-refractivity contribution is 0.288. The summed E-state index contributed by atoms with van der Waals surface area (Å²) in [6.45, 7) is 4.34. The van der Waals surface area contributed by atoms with Gasteiger partial charge in [0, 0.05) is 13.1 Å². The van der Waals surface area contributed by atoms with Crippen molar-refractivity contribution in [1.82, 2.24) is 10.2 Å². The molecule has 1 heterocycles. The Morgan fingerprint density at radius 1 is 1.47 bits per heavy atom. The maximum atomic E-state index is 13.6. The van der Waals surface area contributed by atoms with E-state index in [9.17, 15) is 4.39 Å². The molecule has 0 aliphatic carbocycles. The molecule has 106 valence electrons. The van der Waals surface area contributed by atoms with E-state index in [1.165, 1.54) is 13.5 Å². The molecule has 0 radical (unpaired) electrons. The minimum Gasteiger partial charge on any atom is -0.494 e. The highest BCUT2D eigenvalue weighted by molar-refractivity contribution is 5.29. The van der Waals surface area contributed by atoms with E-state index >= 15 is 0 Å². The van der Waals surface area contributed by atoms with E-state index in [4.69, 9.17) is 4.74 Å². The summed E-state index contributed by atoms with van der Waals surface area (Å²) < 4.78 is 18.5. The smallest absolute Gasteiger partial charge is 0.165 e. The molecule has 0 spiro atoms. The van der Waals surface area contributed by atoms with Crippen molar-refractivity contribution in [2.45, 2.75) is 12.8 Å². The number of rotatable bonds is 6. The molecule has 1 aromatic carbocycles. The molecular formula is C15H23FN2O. The monoisotopic (exact) mass is 266 g/mol. The first kappa shape index (κ1) is 14.3. The number of hydrogen-bond donors (Lipinski definition) is 1. The molecule has 1 saturated heterocycles. The molecule has 1 unspecified atom stereocenters. The van der Waals surface area contributed by atoms with E-state index in [1.807, 2.05) is 6.07 Å². The Bertz CT molecular complexity index is 405. The van der Waals surface area contributed by atoms with Gasteiger partial charge >= 0.3 is 0 Å². The average Bonchev–Trinajstić information content (AvgIpc) is 2.89. The quantitative estimate of drug-likeness (QED) is 0.851. The van der Waals surface area contributed by atoms with Crippen molar-refractivity contribution < 1.29 is 9.13 Å². The van der Waals surface area contributed by atoms with E-state index in [1.54, 1.807) is 12.1 Å². The van der Waals surface area contributed by atoms with Gasteiger partial charge in [-0.25, -0.2) is 4.39 Å². The number of methoxy groups -OCH3 is 1. The number of halogens is 1. The highest BCUT2D eigenvalue weighted by Gasteiger charge is 2.16. The van der Waals surface area contributed by atoms with Crippen molar-refractivity contribution in [3.8, 4) is 5.75 Å². The summed E-state index contributed by atoms with van der Waals surface area (Å²) in [5.74, 6) is 0.800. The first-order chi connectivity index (χ1) is 9.19. The van der Waals surface area contributed by atoms with Crippen molar-refractivity contribution in [2.75, 3.05) is 40.3 Å². The molecule has 0 amide bonds. The summed E-state index contributed by atoms with van der Waals surface area (Å²) in [4.78, 5) is 2.33. The van der Waals surface area contributed by atoms with Crippen LogP contribution in [-0.2, 0) is 6.42 Å². The molecule has 0 bridgehead atoms. The maximum Gasteiger partial charge on any atom is 0.165 e. The summed E-state index contributed by atoms with van der Waals surface area (Å²) in [6, 6.07) is 5.21. The van der Waals surface area contributed by atoms with Crippen LogP contribution in [0.15, 0.2) is 18.2 Å². The first-order valence-electron chi connectivity index (χ1n) is 6.90. The van der Waals surface area contributed by atoms with E-state index in [0.29, 0.717) is 5.75 Å². The van der Waals surface area contributed by atoms with Gasteiger partial charge in [0.2, 0.25) is 0 Å². The van der Waals surface area contributed by atoms with Crippen LogP contribution in [0.4, 0.5) is 4.39 Å². The Balaban J connectivity index is 1.79. The molecule has 1 fully saturated rings. The Morgan fingerprint density at radius 3 is 2.95 bits per heavy atom. The largest absolute Gasteiger partial charge is 0.494 e. The van der Waals surface area contributed by atoms with Crippen molar-refractivity contribution >= 4 is 0 Å². The van der Waals surface area contributed by atoms with Gasteiger partial charge in [0.15, 0.2) is 11.6 Å². The lowest BCUT2D eigenvalue weighted by Crippen LogP contribution is -2.28. The number of nitrogens with zero attached hydrogens (tertiary/aromatic N) is 1. The number of ether oxygens (including phenoxy) is 1. The van der Waals surface area contributed by atoms with Crippen LogP contribution >= 0.6 is 0 Å². The van der Waals surface area contributed by atoms with Crippen LogP contribution < -0.4 is 10.1 Å². The van der Waals surface area contributed by atoms with Gasteiger partial charge in [0.1, 0.15) is 0 Å². The zero-order valence-corrected chi connectivity index (χ0v) is 11.8. The summed E-state index contributed by atoms with van der Waals surface area (Å²) in [7, 11) is 3.62. The molecule has 1 atom stereocenters. The number of likely N-dealkylation sites (N-methyl/N-ethyl adjacent to an activating group) is 1. The van der Waals surface area contributed by atoms with Crippen LogP contribution in [0.5, 0.6) is 5.75 Å². The van der Waals surface area contributed by atoms with Crippen LogP contribution in [0.25, 0.3) is 0 Å². The zero-order valence-electron chi connectivity index (χ0n) is 11.8. The second kappa shape index (κ2) is 6.87. The summed E-state index contributed by atoms with van der Waals surface area (Å²) >= 11 is 0. The fourth-order valence-electron chi connectivity index (χ4n) is 2.59. The highest BCUT2D eigenvalue weighted by Crippen LogP contribution is 2.18. The molecule has 2 rings (SSSR count). The lowest BCUT2D eigenvalue weighted by atomic mass is 10.1.